The van der Waals surface area contributed by atoms with Gasteiger partial charge in [0.25, 0.3) is 0 Å². The summed E-state index contributed by atoms with van der Waals surface area (Å²) in [7, 11) is 0. The Bertz CT molecular complexity index is 1360. The van der Waals surface area contributed by atoms with E-state index in [1.54, 1.807) is 0 Å². The van der Waals surface area contributed by atoms with Crippen LogP contribution in [-0.2, 0) is 14.3 Å². The first-order valence-electron chi connectivity index (χ1n) is 40.1. The zero-order valence-corrected chi connectivity index (χ0v) is 59.3. The predicted octanol–water partition coefficient (Wildman–Crippen LogP) is 26.4. The molecule has 0 fully saturated rings. The third kappa shape index (κ3) is 73.3. The molecule has 0 aromatic rings. The SMILES string of the molecule is CCCCCCCCCCCCCCCCCCCCCCCC(O)C(CO)NC(=O)CCCCCCCCCCCCCCCCC/C=C\C/C=C\CCCCCCCCCCCOC(=O)CCCCCCCCCCCCCCCCCCCC. The maximum atomic E-state index is 12.6. The van der Waals surface area contributed by atoms with Crippen LogP contribution in [0.2, 0.25) is 0 Å². The van der Waals surface area contributed by atoms with Crippen molar-refractivity contribution in [2.24, 2.45) is 0 Å². The van der Waals surface area contributed by atoms with Gasteiger partial charge >= 0.3 is 5.97 Å². The second kappa shape index (κ2) is 76.8. The van der Waals surface area contributed by atoms with E-state index in [2.05, 4.69) is 43.5 Å². The Kier molecular flexibility index (Phi) is 75.3. The van der Waals surface area contributed by atoms with Crippen LogP contribution in [0.3, 0.4) is 0 Å². The average Bonchev–Trinajstić information content (AvgIpc) is 3.53. The van der Waals surface area contributed by atoms with Crippen LogP contribution in [0, 0.1) is 0 Å². The van der Waals surface area contributed by atoms with Crippen molar-refractivity contribution in [2.75, 3.05) is 13.2 Å². The lowest BCUT2D eigenvalue weighted by molar-refractivity contribution is -0.143. The van der Waals surface area contributed by atoms with E-state index >= 15 is 0 Å². The fourth-order valence-corrected chi connectivity index (χ4v) is 12.9. The summed E-state index contributed by atoms with van der Waals surface area (Å²) in [5.74, 6) is -0.0104. The zero-order chi connectivity index (χ0) is 62.8. The number of ether oxygens (including phenoxy) is 1. The number of esters is 1. The minimum absolute atomic E-state index is 0.0187. The zero-order valence-electron chi connectivity index (χ0n) is 59.3. The summed E-state index contributed by atoms with van der Waals surface area (Å²) in [6.45, 7) is 5.01. The van der Waals surface area contributed by atoms with Gasteiger partial charge in [0.15, 0.2) is 0 Å². The molecule has 0 aromatic carbocycles. The molecular formula is C81H157NO5. The number of carbonyl (C=O) groups excluding carboxylic acids is 2. The van der Waals surface area contributed by atoms with Gasteiger partial charge in [-0.2, -0.15) is 0 Å². The fourth-order valence-electron chi connectivity index (χ4n) is 12.9. The Labute approximate surface area is 545 Å². The Morgan fingerprint density at radius 1 is 0.322 bits per heavy atom. The average molecular weight is 1230 g/mol. The lowest BCUT2D eigenvalue weighted by Gasteiger charge is -2.22. The molecule has 2 unspecified atom stereocenters. The molecule has 0 heterocycles. The van der Waals surface area contributed by atoms with Gasteiger partial charge in [0.2, 0.25) is 5.91 Å². The summed E-state index contributed by atoms with van der Waals surface area (Å²) in [5.41, 5.74) is 0. The molecule has 1 amide bonds. The second-order valence-corrected chi connectivity index (χ2v) is 27.8. The van der Waals surface area contributed by atoms with Gasteiger partial charge in [-0.05, 0) is 57.8 Å². The van der Waals surface area contributed by atoms with E-state index < -0.39 is 12.1 Å². The van der Waals surface area contributed by atoms with Gasteiger partial charge in [-0.1, -0.05) is 411 Å². The van der Waals surface area contributed by atoms with E-state index in [1.165, 1.54) is 379 Å². The molecule has 516 valence electrons. The topological polar surface area (TPSA) is 95.9 Å². The van der Waals surface area contributed by atoms with Crippen molar-refractivity contribution < 1.29 is 24.5 Å². The molecule has 0 aromatic heterocycles. The van der Waals surface area contributed by atoms with Crippen LogP contribution in [0.15, 0.2) is 24.3 Å². The fraction of sp³-hybridized carbons (Fsp3) is 0.926. The van der Waals surface area contributed by atoms with Crippen LogP contribution in [0.4, 0.5) is 0 Å². The molecule has 0 aliphatic carbocycles. The number of unbranched alkanes of at least 4 members (excludes halogenated alkanes) is 61. The van der Waals surface area contributed by atoms with E-state index in [0.29, 0.717) is 25.9 Å². The standard InChI is InChI=1S/C81H157NO5/c1-3-5-7-9-11-13-15-17-19-21-23-35-38-41-45-49-53-57-61-65-69-73-79(84)78(77-83)82-80(85)74-70-66-62-58-54-50-46-42-39-36-33-31-29-27-25-24-26-28-30-32-34-37-40-44-48-52-56-60-64-68-72-76-87-81(86)75-71-67-63-59-55-51-47-43-22-20-18-16-14-12-10-8-6-4-2/h26,28,32,34,78-79,83-84H,3-25,27,29-31,33,35-77H2,1-2H3,(H,82,85)/b28-26-,34-32-. The molecule has 0 spiro atoms. The van der Waals surface area contributed by atoms with Gasteiger partial charge in [0, 0.05) is 12.8 Å². The van der Waals surface area contributed by atoms with E-state index in [-0.39, 0.29) is 18.5 Å². The van der Waals surface area contributed by atoms with Crippen LogP contribution in [0.25, 0.3) is 0 Å². The number of carbonyl (C=O) groups is 2. The van der Waals surface area contributed by atoms with Gasteiger partial charge in [-0.25, -0.2) is 0 Å². The molecule has 0 saturated heterocycles. The van der Waals surface area contributed by atoms with Gasteiger partial charge in [0.1, 0.15) is 0 Å². The normalized spacial score (nSPS) is 12.6. The Morgan fingerprint density at radius 3 is 0.874 bits per heavy atom. The smallest absolute Gasteiger partial charge is 0.305 e. The molecule has 87 heavy (non-hydrogen) atoms. The third-order valence-electron chi connectivity index (χ3n) is 19.0. The molecule has 0 bridgehead atoms. The van der Waals surface area contributed by atoms with Crippen LogP contribution in [-0.4, -0.2) is 47.4 Å². The van der Waals surface area contributed by atoms with E-state index in [0.717, 1.165) is 44.9 Å². The summed E-state index contributed by atoms with van der Waals surface area (Å²) < 4.78 is 5.51. The molecular weight excluding hydrogens is 1070 g/mol. The number of hydrogen-bond donors (Lipinski definition) is 3. The molecule has 0 aliphatic rings. The minimum atomic E-state index is -0.665. The highest BCUT2D eigenvalue weighted by atomic mass is 16.5. The highest BCUT2D eigenvalue weighted by molar-refractivity contribution is 5.76. The Morgan fingerprint density at radius 2 is 0.575 bits per heavy atom. The lowest BCUT2D eigenvalue weighted by atomic mass is 10.0. The predicted molar refractivity (Wildman–Crippen MR) is 384 cm³/mol. The van der Waals surface area contributed by atoms with Crippen molar-refractivity contribution in [1.82, 2.24) is 5.32 Å². The first-order chi connectivity index (χ1) is 43.0. The highest BCUT2D eigenvalue weighted by Gasteiger charge is 2.20. The quantitative estimate of drug-likeness (QED) is 0.0320. The van der Waals surface area contributed by atoms with Crippen LogP contribution < -0.4 is 5.32 Å². The molecule has 0 saturated carbocycles. The van der Waals surface area contributed by atoms with Crippen molar-refractivity contribution in [3.05, 3.63) is 24.3 Å². The first-order valence-corrected chi connectivity index (χ1v) is 40.1. The minimum Gasteiger partial charge on any atom is -0.466 e. The number of nitrogens with one attached hydrogen (secondary N) is 1. The van der Waals surface area contributed by atoms with E-state index in [4.69, 9.17) is 4.74 Å². The number of aliphatic hydroxyl groups excluding tert-OH is 2. The van der Waals surface area contributed by atoms with Crippen molar-refractivity contribution in [3.8, 4) is 0 Å². The van der Waals surface area contributed by atoms with E-state index in [1.807, 2.05) is 0 Å². The first kappa shape index (κ1) is 85.3. The van der Waals surface area contributed by atoms with Crippen LogP contribution >= 0.6 is 0 Å². The van der Waals surface area contributed by atoms with Crippen molar-refractivity contribution in [3.63, 3.8) is 0 Å². The third-order valence-corrected chi connectivity index (χ3v) is 19.0. The van der Waals surface area contributed by atoms with E-state index in [9.17, 15) is 19.8 Å². The van der Waals surface area contributed by atoms with Crippen molar-refractivity contribution in [1.29, 1.82) is 0 Å². The van der Waals surface area contributed by atoms with Crippen LogP contribution in [0.5, 0.6) is 0 Å². The monoisotopic (exact) mass is 1220 g/mol. The Balaban J connectivity index is 3.37. The van der Waals surface area contributed by atoms with Crippen molar-refractivity contribution >= 4 is 11.9 Å². The number of hydrogen-bond acceptors (Lipinski definition) is 5. The van der Waals surface area contributed by atoms with Gasteiger partial charge in [-0.3, -0.25) is 9.59 Å². The molecule has 0 rings (SSSR count). The summed E-state index contributed by atoms with van der Waals surface area (Å²) in [6.07, 6.45) is 98.4. The van der Waals surface area contributed by atoms with Crippen LogP contribution in [0.1, 0.15) is 457 Å². The van der Waals surface area contributed by atoms with Gasteiger partial charge < -0.3 is 20.3 Å². The van der Waals surface area contributed by atoms with Gasteiger partial charge in [0.05, 0.1) is 25.4 Å². The molecule has 3 N–H and O–H groups in total. The summed E-state index contributed by atoms with van der Waals surface area (Å²) in [6, 6.07) is -0.542. The lowest BCUT2D eigenvalue weighted by Crippen LogP contribution is -2.45. The molecule has 0 aliphatic heterocycles. The number of allylic oxidation sites excluding steroid dienone is 4. The molecule has 6 heteroatoms. The molecule has 0 radical (unpaired) electrons. The summed E-state index contributed by atoms with van der Waals surface area (Å²) in [5, 5.41) is 23.5. The Hall–Kier alpha value is -1.66. The number of amides is 1. The number of rotatable bonds is 76. The second-order valence-electron chi connectivity index (χ2n) is 27.8. The number of aliphatic hydroxyl groups is 2. The van der Waals surface area contributed by atoms with Crippen molar-refractivity contribution in [2.45, 2.75) is 469 Å². The maximum absolute atomic E-state index is 12.6. The highest BCUT2D eigenvalue weighted by Crippen LogP contribution is 2.20. The molecule has 2 atom stereocenters. The summed E-state index contributed by atoms with van der Waals surface area (Å²) in [4.78, 5) is 24.7. The summed E-state index contributed by atoms with van der Waals surface area (Å²) >= 11 is 0. The van der Waals surface area contributed by atoms with Gasteiger partial charge in [-0.15, -0.1) is 0 Å². The molecule has 6 nitrogen and oxygen atoms in total. The largest absolute Gasteiger partial charge is 0.466 e. The maximum Gasteiger partial charge on any atom is 0.305 e.